The molecule has 0 saturated heterocycles. The minimum absolute atomic E-state index is 0.0506. The van der Waals surface area contributed by atoms with E-state index < -0.39 is 22.5 Å². The van der Waals surface area contributed by atoms with E-state index in [1.54, 1.807) is 0 Å². The van der Waals surface area contributed by atoms with Crippen molar-refractivity contribution in [1.82, 2.24) is 4.31 Å². The summed E-state index contributed by atoms with van der Waals surface area (Å²) in [6.07, 6.45) is 0. The number of nitrogens with zero attached hydrogens (tertiary/aromatic N) is 2. The molecule has 18 heavy (non-hydrogen) atoms. The summed E-state index contributed by atoms with van der Waals surface area (Å²) < 4.78 is 24.9. The Morgan fingerprint density at radius 3 is 2.56 bits per heavy atom. The number of benzene rings is 1. The molecule has 0 radical (unpaired) electrons. The fourth-order valence-electron chi connectivity index (χ4n) is 1.33. The van der Waals surface area contributed by atoms with Gasteiger partial charge in [-0.25, -0.2) is 8.42 Å². The number of likely N-dealkylation sites (N-methyl/N-ethyl adjacent to an activating group) is 1. The molecular formula is C10H12N4O3S. The molecule has 8 heteroatoms. The Balaban J connectivity index is 3.21. The molecule has 1 amide bonds. The summed E-state index contributed by atoms with van der Waals surface area (Å²) in [5.74, 6) is -0.770. The van der Waals surface area contributed by atoms with Crippen LogP contribution in [0.15, 0.2) is 23.1 Å². The van der Waals surface area contributed by atoms with Crippen LogP contribution in [0.5, 0.6) is 0 Å². The number of primary amides is 1. The highest BCUT2D eigenvalue weighted by Gasteiger charge is 2.24. The molecule has 1 aromatic rings. The van der Waals surface area contributed by atoms with Gasteiger partial charge in [-0.05, 0) is 18.2 Å². The van der Waals surface area contributed by atoms with Crippen molar-refractivity contribution in [3.05, 3.63) is 23.8 Å². The quantitative estimate of drug-likeness (QED) is 0.693. The van der Waals surface area contributed by atoms with Gasteiger partial charge < -0.3 is 11.5 Å². The van der Waals surface area contributed by atoms with Crippen molar-refractivity contribution in [2.45, 2.75) is 4.90 Å². The summed E-state index contributed by atoms with van der Waals surface area (Å²) in [5, 5.41) is 8.66. The van der Waals surface area contributed by atoms with E-state index in [9.17, 15) is 13.2 Å². The van der Waals surface area contributed by atoms with Crippen LogP contribution in [-0.2, 0) is 14.8 Å². The molecule has 0 bridgehead atoms. The van der Waals surface area contributed by atoms with Crippen molar-refractivity contribution < 1.29 is 13.2 Å². The molecule has 0 unspecified atom stereocenters. The largest absolute Gasteiger partial charge is 0.398 e. The van der Waals surface area contributed by atoms with E-state index in [-0.39, 0.29) is 16.1 Å². The third-order valence-corrected chi connectivity index (χ3v) is 4.08. The van der Waals surface area contributed by atoms with E-state index in [4.69, 9.17) is 16.7 Å². The number of nitrogen functional groups attached to an aromatic ring is 1. The molecule has 1 aromatic carbocycles. The van der Waals surface area contributed by atoms with Crippen molar-refractivity contribution in [3.8, 4) is 6.07 Å². The SMILES string of the molecule is CN(CC(N)=O)S(=O)(=O)c1ccc(C#N)cc1N. The van der Waals surface area contributed by atoms with Gasteiger partial charge in [-0.2, -0.15) is 9.57 Å². The van der Waals surface area contributed by atoms with Crippen LogP contribution < -0.4 is 11.5 Å². The van der Waals surface area contributed by atoms with Crippen LogP contribution in [0.25, 0.3) is 0 Å². The Labute approximate surface area is 105 Å². The second-order valence-corrected chi connectivity index (χ2v) is 5.61. The number of sulfonamides is 1. The summed E-state index contributed by atoms with van der Waals surface area (Å²) in [6, 6.07) is 5.66. The number of rotatable bonds is 4. The number of anilines is 1. The second kappa shape index (κ2) is 5.03. The molecule has 0 saturated carbocycles. The van der Waals surface area contributed by atoms with Gasteiger partial charge in [-0.1, -0.05) is 0 Å². The topological polar surface area (TPSA) is 130 Å². The van der Waals surface area contributed by atoms with E-state index in [0.29, 0.717) is 0 Å². The molecular weight excluding hydrogens is 256 g/mol. The first-order chi connectivity index (χ1) is 8.28. The lowest BCUT2D eigenvalue weighted by Crippen LogP contribution is -2.35. The number of nitriles is 1. The second-order valence-electron chi connectivity index (χ2n) is 3.59. The average Bonchev–Trinajstić information content (AvgIpc) is 2.27. The first-order valence-corrected chi connectivity index (χ1v) is 6.27. The van der Waals surface area contributed by atoms with Gasteiger partial charge in [0.25, 0.3) is 0 Å². The Bertz CT molecular complexity index is 619. The molecule has 0 aliphatic carbocycles. The van der Waals surface area contributed by atoms with Gasteiger partial charge in [0.15, 0.2) is 0 Å². The lowest BCUT2D eigenvalue weighted by Gasteiger charge is -2.16. The van der Waals surface area contributed by atoms with Crippen LogP contribution in [0, 0.1) is 11.3 Å². The number of nitrogens with two attached hydrogens (primary N) is 2. The maximum Gasteiger partial charge on any atom is 0.245 e. The molecule has 0 aliphatic rings. The molecule has 0 spiro atoms. The summed E-state index contributed by atoms with van der Waals surface area (Å²) in [5.41, 5.74) is 10.7. The summed E-state index contributed by atoms with van der Waals surface area (Å²) in [7, 11) is -2.67. The molecule has 0 aromatic heterocycles. The van der Waals surface area contributed by atoms with Crippen molar-refractivity contribution >= 4 is 21.6 Å². The average molecular weight is 268 g/mol. The van der Waals surface area contributed by atoms with E-state index in [0.717, 1.165) is 4.31 Å². The summed E-state index contributed by atoms with van der Waals surface area (Å²) in [4.78, 5) is 10.6. The van der Waals surface area contributed by atoms with Crippen molar-refractivity contribution in [1.29, 1.82) is 5.26 Å². The predicted molar refractivity (Wildman–Crippen MR) is 64.6 cm³/mol. The lowest BCUT2D eigenvalue weighted by molar-refractivity contribution is -0.118. The van der Waals surface area contributed by atoms with Crippen molar-refractivity contribution in [2.24, 2.45) is 5.73 Å². The summed E-state index contributed by atoms with van der Waals surface area (Å²) >= 11 is 0. The molecule has 7 nitrogen and oxygen atoms in total. The molecule has 4 N–H and O–H groups in total. The van der Waals surface area contributed by atoms with Gasteiger partial charge in [0.2, 0.25) is 15.9 Å². The van der Waals surface area contributed by atoms with Gasteiger partial charge in [0.1, 0.15) is 4.90 Å². The maximum atomic E-state index is 12.0. The maximum absolute atomic E-state index is 12.0. The zero-order valence-electron chi connectivity index (χ0n) is 9.62. The van der Waals surface area contributed by atoms with E-state index >= 15 is 0 Å². The van der Waals surface area contributed by atoms with Gasteiger partial charge in [0, 0.05) is 7.05 Å². The van der Waals surface area contributed by atoms with Crippen LogP contribution in [0.3, 0.4) is 0 Å². The fraction of sp³-hybridized carbons (Fsp3) is 0.200. The van der Waals surface area contributed by atoms with Gasteiger partial charge in [-0.3, -0.25) is 4.79 Å². The highest BCUT2D eigenvalue weighted by atomic mass is 32.2. The van der Waals surface area contributed by atoms with E-state index in [1.165, 1.54) is 25.2 Å². The highest BCUT2D eigenvalue weighted by Crippen LogP contribution is 2.22. The molecule has 0 heterocycles. The monoisotopic (exact) mass is 268 g/mol. The number of amides is 1. The summed E-state index contributed by atoms with van der Waals surface area (Å²) in [6.45, 7) is -0.443. The molecule has 0 fully saturated rings. The zero-order valence-corrected chi connectivity index (χ0v) is 10.4. The lowest BCUT2D eigenvalue weighted by atomic mass is 10.2. The standard InChI is InChI=1S/C10H12N4O3S/c1-14(6-10(13)15)18(16,17)9-3-2-7(5-11)4-8(9)12/h2-4H,6,12H2,1H3,(H2,13,15). The van der Waals surface area contributed by atoms with Crippen LogP contribution in [0.4, 0.5) is 5.69 Å². The molecule has 96 valence electrons. The smallest absolute Gasteiger partial charge is 0.245 e. The van der Waals surface area contributed by atoms with Crippen molar-refractivity contribution in [2.75, 3.05) is 19.3 Å². The third kappa shape index (κ3) is 2.77. The highest BCUT2D eigenvalue weighted by molar-refractivity contribution is 7.89. The van der Waals surface area contributed by atoms with Crippen molar-refractivity contribution in [3.63, 3.8) is 0 Å². The van der Waals surface area contributed by atoms with Crippen LogP contribution in [0.1, 0.15) is 5.56 Å². The van der Waals surface area contributed by atoms with Gasteiger partial charge >= 0.3 is 0 Å². The van der Waals surface area contributed by atoms with Gasteiger partial charge in [0.05, 0.1) is 23.9 Å². The predicted octanol–water partition coefficient (Wildman–Crippen LogP) is -0.754. The molecule has 0 aliphatic heterocycles. The number of hydrogen-bond donors (Lipinski definition) is 2. The Kier molecular flexibility index (Phi) is 3.90. The van der Waals surface area contributed by atoms with Crippen LogP contribution in [0.2, 0.25) is 0 Å². The molecule has 1 rings (SSSR count). The zero-order chi connectivity index (χ0) is 13.9. The minimum atomic E-state index is -3.89. The number of carbonyl (C=O) groups is 1. The fourth-order valence-corrected chi connectivity index (χ4v) is 2.56. The normalized spacial score (nSPS) is 11.2. The van der Waals surface area contributed by atoms with Crippen LogP contribution in [-0.4, -0.2) is 32.2 Å². The minimum Gasteiger partial charge on any atom is -0.398 e. The van der Waals surface area contributed by atoms with Crippen LogP contribution >= 0.6 is 0 Å². The Hall–Kier alpha value is -2.11. The third-order valence-electron chi connectivity index (χ3n) is 2.21. The Morgan fingerprint density at radius 1 is 1.50 bits per heavy atom. The number of hydrogen-bond acceptors (Lipinski definition) is 5. The Morgan fingerprint density at radius 2 is 2.11 bits per heavy atom. The number of carbonyl (C=O) groups excluding carboxylic acids is 1. The first-order valence-electron chi connectivity index (χ1n) is 4.83. The van der Waals surface area contributed by atoms with Gasteiger partial charge in [-0.15, -0.1) is 0 Å². The first kappa shape index (κ1) is 14.0. The molecule has 0 atom stereocenters. The van der Waals surface area contributed by atoms with E-state index in [1.807, 2.05) is 6.07 Å². The van der Waals surface area contributed by atoms with E-state index in [2.05, 4.69) is 0 Å².